The molecular formula is C10H17NO2S. The van der Waals surface area contributed by atoms with E-state index in [1.54, 1.807) is 13.8 Å². The van der Waals surface area contributed by atoms with Crippen molar-refractivity contribution in [3.05, 3.63) is 22.4 Å². The minimum absolute atomic E-state index is 0.475. The predicted molar refractivity (Wildman–Crippen MR) is 58.4 cm³/mol. The number of hydrogen-bond donors (Lipinski definition) is 3. The van der Waals surface area contributed by atoms with Gasteiger partial charge in [0, 0.05) is 18.0 Å². The van der Waals surface area contributed by atoms with Crippen LogP contribution in [0.5, 0.6) is 0 Å². The molecule has 80 valence electrons. The zero-order valence-corrected chi connectivity index (χ0v) is 9.34. The summed E-state index contributed by atoms with van der Waals surface area (Å²) in [6.45, 7) is 4.43. The first-order valence-electron chi connectivity index (χ1n) is 4.63. The normalized spacial score (nSPS) is 14.3. The second-order valence-electron chi connectivity index (χ2n) is 3.97. The van der Waals surface area contributed by atoms with E-state index in [4.69, 9.17) is 0 Å². The number of nitrogens with one attached hydrogen (secondary N) is 1. The molecular weight excluding hydrogens is 198 g/mol. The fourth-order valence-electron chi connectivity index (χ4n) is 1.10. The van der Waals surface area contributed by atoms with Gasteiger partial charge in [0.25, 0.3) is 0 Å². The molecule has 0 aromatic carbocycles. The van der Waals surface area contributed by atoms with Crippen molar-refractivity contribution in [3.63, 3.8) is 0 Å². The first-order chi connectivity index (χ1) is 6.49. The summed E-state index contributed by atoms with van der Waals surface area (Å²) in [5, 5.41) is 24.1. The third kappa shape index (κ3) is 4.19. The maximum Gasteiger partial charge on any atom is 0.101 e. The molecule has 1 rings (SSSR count). The molecule has 0 aliphatic carbocycles. The molecule has 1 atom stereocenters. The fourth-order valence-corrected chi connectivity index (χ4v) is 1.81. The van der Waals surface area contributed by atoms with Crippen molar-refractivity contribution in [2.75, 3.05) is 13.1 Å². The van der Waals surface area contributed by atoms with E-state index in [9.17, 15) is 10.2 Å². The van der Waals surface area contributed by atoms with Crippen molar-refractivity contribution in [2.45, 2.75) is 25.6 Å². The largest absolute Gasteiger partial charge is 0.389 e. The summed E-state index contributed by atoms with van der Waals surface area (Å²) in [6.07, 6.45) is -0.475. The Hall–Kier alpha value is -0.420. The van der Waals surface area contributed by atoms with Crippen molar-refractivity contribution in [3.8, 4) is 0 Å². The molecule has 4 heteroatoms. The number of thiophene rings is 1. The number of aliphatic hydroxyl groups is 2. The first kappa shape index (κ1) is 11.7. The molecule has 1 aromatic heterocycles. The van der Waals surface area contributed by atoms with Crippen LogP contribution in [-0.2, 0) is 0 Å². The Kier molecular flexibility index (Phi) is 4.07. The molecule has 0 saturated carbocycles. The van der Waals surface area contributed by atoms with Crippen LogP contribution in [0.2, 0.25) is 0 Å². The van der Waals surface area contributed by atoms with E-state index in [2.05, 4.69) is 5.32 Å². The van der Waals surface area contributed by atoms with Gasteiger partial charge in [0.1, 0.15) is 6.10 Å². The minimum atomic E-state index is -0.727. The summed E-state index contributed by atoms with van der Waals surface area (Å²) >= 11 is 1.54. The molecule has 3 nitrogen and oxygen atoms in total. The monoisotopic (exact) mass is 215 g/mol. The summed E-state index contributed by atoms with van der Waals surface area (Å²) in [5.41, 5.74) is -0.727. The molecule has 0 amide bonds. The van der Waals surface area contributed by atoms with E-state index in [-0.39, 0.29) is 0 Å². The topological polar surface area (TPSA) is 52.5 Å². The van der Waals surface area contributed by atoms with Crippen LogP contribution in [0.25, 0.3) is 0 Å². The van der Waals surface area contributed by atoms with Gasteiger partial charge in [-0.1, -0.05) is 6.07 Å². The molecule has 0 saturated heterocycles. The Morgan fingerprint density at radius 1 is 1.57 bits per heavy atom. The van der Waals surface area contributed by atoms with E-state index in [1.165, 1.54) is 11.3 Å². The average molecular weight is 215 g/mol. The van der Waals surface area contributed by atoms with E-state index >= 15 is 0 Å². The van der Waals surface area contributed by atoms with Crippen LogP contribution in [0.4, 0.5) is 0 Å². The summed E-state index contributed by atoms with van der Waals surface area (Å²) in [6, 6.07) is 3.82. The second kappa shape index (κ2) is 4.89. The fraction of sp³-hybridized carbons (Fsp3) is 0.600. The van der Waals surface area contributed by atoms with Crippen LogP contribution >= 0.6 is 11.3 Å². The highest BCUT2D eigenvalue weighted by Crippen LogP contribution is 2.17. The Morgan fingerprint density at radius 3 is 2.79 bits per heavy atom. The molecule has 3 N–H and O–H groups in total. The van der Waals surface area contributed by atoms with E-state index in [0.29, 0.717) is 13.1 Å². The van der Waals surface area contributed by atoms with E-state index in [1.807, 2.05) is 17.5 Å². The van der Waals surface area contributed by atoms with Crippen molar-refractivity contribution < 1.29 is 10.2 Å². The maximum absolute atomic E-state index is 9.67. The van der Waals surface area contributed by atoms with Crippen LogP contribution in [0.3, 0.4) is 0 Å². The SMILES string of the molecule is CC(C)(O)CNCC(O)c1cccs1. The maximum atomic E-state index is 9.67. The van der Waals surface area contributed by atoms with Gasteiger partial charge >= 0.3 is 0 Å². The van der Waals surface area contributed by atoms with Crippen molar-refractivity contribution in [1.82, 2.24) is 5.32 Å². The van der Waals surface area contributed by atoms with Gasteiger partial charge in [-0.25, -0.2) is 0 Å². The third-order valence-corrected chi connectivity index (χ3v) is 2.74. The van der Waals surface area contributed by atoms with Crippen LogP contribution in [0, 0.1) is 0 Å². The quantitative estimate of drug-likeness (QED) is 0.690. The smallest absolute Gasteiger partial charge is 0.101 e. The first-order valence-corrected chi connectivity index (χ1v) is 5.51. The molecule has 0 fully saturated rings. The number of aliphatic hydroxyl groups excluding tert-OH is 1. The van der Waals surface area contributed by atoms with E-state index < -0.39 is 11.7 Å². The Morgan fingerprint density at radius 2 is 2.29 bits per heavy atom. The molecule has 0 aliphatic heterocycles. The molecule has 0 bridgehead atoms. The molecule has 14 heavy (non-hydrogen) atoms. The van der Waals surface area contributed by atoms with Gasteiger partial charge in [0.05, 0.1) is 5.60 Å². The number of rotatable bonds is 5. The van der Waals surface area contributed by atoms with Gasteiger partial charge < -0.3 is 15.5 Å². The molecule has 1 aromatic rings. The molecule has 0 radical (unpaired) electrons. The zero-order valence-electron chi connectivity index (χ0n) is 8.53. The second-order valence-corrected chi connectivity index (χ2v) is 4.95. The lowest BCUT2D eigenvalue weighted by Crippen LogP contribution is -2.36. The highest BCUT2D eigenvalue weighted by Gasteiger charge is 2.13. The summed E-state index contributed by atoms with van der Waals surface area (Å²) in [7, 11) is 0. The Balaban J connectivity index is 2.26. The molecule has 0 spiro atoms. The summed E-state index contributed by atoms with van der Waals surface area (Å²) in [4.78, 5) is 0.952. The van der Waals surface area contributed by atoms with Gasteiger partial charge in [0.2, 0.25) is 0 Å². The zero-order chi connectivity index (χ0) is 10.6. The molecule has 0 aliphatic rings. The highest BCUT2D eigenvalue weighted by atomic mass is 32.1. The van der Waals surface area contributed by atoms with Crippen molar-refractivity contribution in [2.24, 2.45) is 0 Å². The average Bonchev–Trinajstić information content (AvgIpc) is 2.53. The van der Waals surface area contributed by atoms with Crippen molar-refractivity contribution >= 4 is 11.3 Å². The Labute approximate surface area is 88.4 Å². The number of hydrogen-bond acceptors (Lipinski definition) is 4. The van der Waals surface area contributed by atoms with Gasteiger partial charge in [0.15, 0.2) is 0 Å². The van der Waals surface area contributed by atoms with Gasteiger partial charge in [-0.2, -0.15) is 0 Å². The van der Waals surface area contributed by atoms with Gasteiger partial charge in [-0.05, 0) is 25.3 Å². The third-order valence-electron chi connectivity index (χ3n) is 1.77. The lowest BCUT2D eigenvalue weighted by molar-refractivity contribution is 0.0742. The summed E-state index contributed by atoms with van der Waals surface area (Å²) in [5.74, 6) is 0. The van der Waals surface area contributed by atoms with Crippen molar-refractivity contribution in [1.29, 1.82) is 0 Å². The van der Waals surface area contributed by atoms with E-state index in [0.717, 1.165) is 4.88 Å². The molecule has 1 heterocycles. The lowest BCUT2D eigenvalue weighted by atomic mass is 10.1. The highest BCUT2D eigenvalue weighted by molar-refractivity contribution is 7.10. The van der Waals surface area contributed by atoms with Gasteiger partial charge in [-0.3, -0.25) is 0 Å². The summed E-state index contributed by atoms with van der Waals surface area (Å²) < 4.78 is 0. The lowest BCUT2D eigenvalue weighted by Gasteiger charge is -2.19. The minimum Gasteiger partial charge on any atom is -0.389 e. The van der Waals surface area contributed by atoms with Crippen LogP contribution in [-0.4, -0.2) is 28.9 Å². The van der Waals surface area contributed by atoms with Crippen LogP contribution in [0.15, 0.2) is 17.5 Å². The van der Waals surface area contributed by atoms with Crippen LogP contribution in [0.1, 0.15) is 24.8 Å². The van der Waals surface area contributed by atoms with Crippen LogP contribution < -0.4 is 5.32 Å². The molecule has 1 unspecified atom stereocenters. The van der Waals surface area contributed by atoms with Gasteiger partial charge in [-0.15, -0.1) is 11.3 Å². The standard InChI is InChI=1S/C10H17NO2S/c1-10(2,13)7-11-6-8(12)9-4-3-5-14-9/h3-5,8,11-13H,6-7H2,1-2H3. The predicted octanol–water partition coefficient (Wildman–Crippen LogP) is 1.14. The Bertz CT molecular complexity index is 254.